The van der Waals surface area contributed by atoms with E-state index in [1.807, 2.05) is 13.0 Å². The zero-order valence-corrected chi connectivity index (χ0v) is 6.79. The van der Waals surface area contributed by atoms with Crippen LogP contribution in [0.3, 0.4) is 0 Å². The zero-order valence-electron chi connectivity index (χ0n) is 6.79. The van der Waals surface area contributed by atoms with Crippen molar-refractivity contribution in [3.63, 3.8) is 0 Å². The average Bonchev–Trinajstić information content (AvgIpc) is 1.87. The standard InChI is InChI=1S/C8H12N2O/c1-7(3-5-9)10-6-4-8(2)11/h4,6-7,10H,3H2,1-2H3/b6-4+. The van der Waals surface area contributed by atoms with E-state index in [0.29, 0.717) is 6.42 Å². The fourth-order valence-corrected chi connectivity index (χ4v) is 0.526. The molecular weight excluding hydrogens is 140 g/mol. The first-order valence-electron chi connectivity index (χ1n) is 3.47. The lowest BCUT2D eigenvalue weighted by Crippen LogP contribution is -2.19. The van der Waals surface area contributed by atoms with Crippen LogP contribution in [-0.4, -0.2) is 11.8 Å². The second-order valence-corrected chi connectivity index (χ2v) is 2.37. The van der Waals surface area contributed by atoms with Gasteiger partial charge in [0, 0.05) is 12.2 Å². The van der Waals surface area contributed by atoms with Gasteiger partial charge in [-0.05, 0) is 19.9 Å². The van der Waals surface area contributed by atoms with Crippen molar-refractivity contribution in [3.05, 3.63) is 12.3 Å². The summed E-state index contributed by atoms with van der Waals surface area (Å²) in [4.78, 5) is 10.4. The van der Waals surface area contributed by atoms with Gasteiger partial charge in [0.25, 0.3) is 0 Å². The first-order chi connectivity index (χ1) is 5.16. The van der Waals surface area contributed by atoms with Crippen LogP contribution in [0.5, 0.6) is 0 Å². The van der Waals surface area contributed by atoms with Gasteiger partial charge in [-0.15, -0.1) is 0 Å². The Labute approximate surface area is 66.7 Å². The minimum Gasteiger partial charge on any atom is -0.387 e. The molecule has 0 saturated heterocycles. The summed E-state index contributed by atoms with van der Waals surface area (Å²) in [5.74, 6) is 0.00153. The maximum Gasteiger partial charge on any atom is 0.154 e. The van der Waals surface area contributed by atoms with Gasteiger partial charge < -0.3 is 5.32 Å². The summed E-state index contributed by atoms with van der Waals surface area (Å²) in [6.45, 7) is 3.36. The number of rotatable bonds is 4. The SMILES string of the molecule is CC(=O)/C=C/NC(C)CC#N. The number of hydrogen-bond donors (Lipinski definition) is 1. The molecule has 0 aromatic heterocycles. The topological polar surface area (TPSA) is 52.9 Å². The molecule has 3 nitrogen and oxygen atoms in total. The summed E-state index contributed by atoms with van der Waals surface area (Å²) in [6.07, 6.45) is 3.46. The molecule has 0 bridgehead atoms. The summed E-state index contributed by atoms with van der Waals surface area (Å²) in [7, 11) is 0. The third-order valence-corrected chi connectivity index (χ3v) is 1.10. The first-order valence-corrected chi connectivity index (χ1v) is 3.47. The maximum atomic E-state index is 10.4. The Bertz CT molecular complexity index is 191. The minimum absolute atomic E-state index is 0.00153. The van der Waals surface area contributed by atoms with Crippen LogP contribution in [0.4, 0.5) is 0 Å². The number of ketones is 1. The number of carbonyl (C=O) groups excluding carboxylic acids is 1. The van der Waals surface area contributed by atoms with Gasteiger partial charge in [-0.1, -0.05) is 0 Å². The average molecular weight is 152 g/mol. The molecule has 1 N–H and O–H groups in total. The van der Waals surface area contributed by atoms with Gasteiger partial charge >= 0.3 is 0 Å². The van der Waals surface area contributed by atoms with E-state index in [4.69, 9.17) is 5.26 Å². The van der Waals surface area contributed by atoms with E-state index in [2.05, 4.69) is 5.32 Å². The summed E-state index contributed by atoms with van der Waals surface area (Å²) in [6, 6.07) is 2.13. The van der Waals surface area contributed by atoms with Crippen molar-refractivity contribution in [3.8, 4) is 6.07 Å². The second kappa shape index (κ2) is 5.48. The Morgan fingerprint density at radius 1 is 1.82 bits per heavy atom. The smallest absolute Gasteiger partial charge is 0.154 e. The molecule has 0 spiro atoms. The molecule has 0 amide bonds. The molecule has 0 aliphatic carbocycles. The van der Waals surface area contributed by atoms with Crippen molar-refractivity contribution in [2.75, 3.05) is 0 Å². The molecule has 0 heterocycles. The van der Waals surface area contributed by atoms with E-state index in [1.54, 1.807) is 6.20 Å². The van der Waals surface area contributed by atoms with E-state index in [0.717, 1.165) is 0 Å². The van der Waals surface area contributed by atoms with Crippen LogP contribution >= 0.6 is 0 Å². The van der Waals surface area contributed by atoms with Crippen molar-refractivity contribution in [1.29, 1.82) is 5.26 Å². The van der Waals surface area contributed by atoms with E-state index in [-0.39, 0.29) is 11.8 Å². The predicted molar refractivity (Wildman–Crippen MR) is 42.6 cm³/mol. The third kappa shape index (κ3) is 6.59. The van der Waals surface area contributed by atoms with Gasteiger partial charge in [-0.25, -0.2) is 0 Å². The third-order valence-electron chi connectivity index (χ3n) is 1.10. The lowest BCUT2D eigenvalue weighted by molar-refractivity contribution is -0.112. The minimum atomic E-state index is 0.00153. The zero-order chi connectivity index (χ0) is 8.69. The molecule has 3 heteroatoms. The van der Waals surface area contributed by atoms with Crippen molar-refractivity contribution in [1.82, 2.24) is 5.32 Å². The van der Waals surface area contributed by atoms with E-state index in [1.165, 1.54) is 13.0 Å². The molecular formula is C8H12N2O. The largest absolute Gasteiger partial charge is 0.387 e. The number of hydrogen-bond acceptors (Lipinski definition) is 3. The number of nitrogens with one attached hydrogen (secondary N) is 1. The summed E-state index contributed by atoms with van der Waals surface area (Å²) < 4.78 is 0. The van der Waals surface area contributed by atoms with E-state index >= 15 is 0 Å². The highest BCUT2D eigenvalue weighted by Crippen LogP contribution is 1.86. The molecule has 1 atom stereocenters. The highest BCUT2D eigenvalue weighted by Gasteiger charge is 1.94. The molecule has 11 heavy (non-hydrogen) atoms. The molecule has 0 saturated carbocycles. The van der Waals surface area contributed by atoms with Crippen molar-refractivity contribution in [2.45, 2.75) is 26.3 Å². The van der Waals surface area contributed by atoms with Gasteiger partial charge in [0.15, 0.2) is 5.78 Å². The highest BCUT2D eigenvalue weighted by atomic mass is 16.1. The molecule has 0 fully saturated rings. The lowest BCUT2D eigenvalue weighted by Gasteiger charge is -2.04. The summed E-state index contributed by atoms with van der Waals surface area (Å²) in [5, 5.41) is 11.2. The second-order valence-electron chi connectivity index (χ2n) is 2.37. The highest BCUT2D eigenvalue weighted by molar-refractivity contribution is 5.87. The molecule has 0 aromatic rings. The van der Waals surface area contributed by atoms with Gasteiger partial charge in [0.2, 0.25) is 0 Å². The van der Waals surface area contributed by atoms with Gasteiger partial charge in [-0.3, -0.25) is 4.79 Å². The summed E-state index contributed by atoms with van der Waals surface area (Å²) in [5.41, 5.74) is 0. The van der Waals surface area contributed by atoms with E-state index < -0.39 is 0 Å². The Morgan fingerprint density at radius 2 is 2.45 bits per heavy atom. The predicted octanol–water partition coefficient (Wildman–Crippen LogP) is 0.981. The van der Waals surface area contributed by atoms with Crippen LogP contribution in [0.15, 0.2) is 12.3 Å². The molecule has 1 unspecified atom stereocenters. The van der Waals surface area contributed by atoms with Crippen molar-refractivity contribution < 1.29 is 4.79 Å². The van der Waals surface area contributed by atoms with Crippen molar-refractivity contribution >= 4 is 5.78 Å². The number of allylic oxidation sites excluding steroid dienone is 1. The number of nitriles is 1. The molecule has 0 aliphatic heterocycles. The molecule has 0 rings (SSSR count). The van der Waals surface area contributed by atoms with Crippen molar-refractivity contribution in [2.24, 2.45) is 0 Å². The van der Waals surface area contributed by atoms with Gasteiger partial charge in [-0.2, -0.15) is 5.26 Å². The Hall–Kier alpha value is -1.30. The number of nitrogens with zero attached hydrogens (tertiary/aromatic N) is 1. The van der Waals surface area contributed by atoms with E-state index in [9.17, 15) is 4.79 Å². The normalized spacial score (nSPS) is 12.5. The Balaban J connectivity index is 3.54. The fraction of sp³-hybridized carbons (Fsp3) is 0.500. The van der Waals surface area contributed by atoms with Crippen LogP contribution in [-0.2, 0) is 4.79 Å². The van der Waals surface area contributed by atoms with Gasteiger partial charge in [0.1, 0.15) is 0 Å². The van der Waals surface area contributed by atoms with Crippen LogP contribution in [0, 0.1) is 11.3 Å². The quantitative estimate of drug-likeness (QED) is 0.611. The summed E-state index contributed by atoms with van der Waals surface area (Å²) >= 11 is 0. The van der Waals surface area contributed by atoms with Crippen LogP contribution < -0.4 is 5.32 Å². The molecule has 0 aromatic carbocycles. The maximum absolute atomic E-state index is 10.4. The molecule has 0 aliphatic rings. The first kappa shape index (κ1) is 9.70. The molecule has 0 radical (unpaired) electrons. The molecule has 60 valence electrons. The van der Waals surface area contributed by atoms with Gasteiger partial charge in [0.05, 0.1) is 12.5 Å². The Kier molecular flexibility index (Phi) is 4.83. The van der Waals surface area contributed by atoms with Crippen LogP contribution in [0.1, 0.15) is 20.3 Å². The monoisotopic (exact) mass is 152 g/mol. The van der Waals surface area contributed by atoms with Crippen LogP contribution in [0.2, 0.25) is 0 Å². The van der Waals surface area contributed by atoms with Crippen LogP contribution in [0.25, 0.3) is 0 Å². The number of carbonyl (C=O) groups is 1. The fourth-order valence-electron chi connectivity index (χ4n) is 0.526. The lowest BCUT2D eigenvalue weighted by atomic mass is 10.2. The Morgan fingerprint density at radius 3 is 2.91 bits per heavy atom.